The molecule has 178 valence electrons. The van der Waals surface area contributed by atoms with Crippen LogP contribution in [-0.2, 0) is 32.0 Å². The van der Waals surface area contributed by atoms with Crippen molar-refractivity contribution in [2.75, 3.05) is 42.2 Å². The molecule has 0 aromatic carbocycles. The maximum absolute atomic E-state index is 11.3. The molecule has 1 aliphatic heterocycles. The molecule has 0 aromatic heterocycles. The van der Waals surface area contributed by atoms with Crippen LogP contribution in [-0.4, -0.2) is 71.2 Å². The Morgan fingerprint density at radius 3 is 2.07 bits per heavy atom. The van der Waals surface area contributed by atoms with Crippen molar-refractivity contribution in [1.82, 2.24) is 0 Å². The van der Waals surface area contributed by atoms with E-state index in [-0.39, 0.29) is 11.2 Å². The summed E-state index contributed by atoms with van der Waals surface area (Å²) in [5.74, 6) is -0.300. The summed E-state index contributed by atoms with van der Waals surface area (Å²) >= 11 is 0. The van der Waals surface area contributed by atoms with E-state index in [9.17, 15) is 4.79 Å². The zero-order valence-electron chi connectivity index (χ0n) is 20.2. The van der Waals surface area contributed by atoms with Crippen molar-refractivity contribution in [2.45, 2.75) is 76.1 Å². The van der Waals surface area contributed by atoms with Gasteiger partial charge in [0.25, 0.3) is 0 Å². The zero-order chi connectivity index (χ0) is 23.0. The van der Waals surface area contributed by atoms with Gasteiger partial charge in [-0.15, -0.1) is 0 Å². The van der Waals surface area contributed by atoms with Crippen LogP contribution in [0.25, 0.3) is 0 Å². The molecular formula is C21H44O7Si2. The molecule has 9 heteroatoms. The maximum atomic E-state index is 11.3. The summed E-state index contributed by atoms with van der Waals surface area (Å²) in [4.78, 5) is 11.3. The Morgan fingerprint density at radius 2 is 1.60 bits per heavy atom. The molecule has 1 saturated heterocycles. The van der Waals surface area contributed by atoms with Crippen molar-refractivity contribution in [3.63, 3.8) is 0 Å². The quantitative estimate of drug-likeness (QED) is 0.176. The Balaban J connectivity index is 0.00000122. The molecule has 0 amide bonds. The highest BCUT2D eigenvalue weighted by Gasteiger charge is 2.58. The van der Waals surface area contributed by atoms with E-state index in [1.165, 1.54) is 6.42 Å². The monoisotopic (exact) mass is 464 g/mol. The molecule has 0 bridgehead atoms. The van der Waals surface area contributed by atoms with Gasteiger partial charge in [0.15, 0.2) is 0 Å². The Labute approximate surface area is 186 Å². The van der Waals surface area contributed by atoms with E-state index in [2.05, 4.69) is 6.58 Å². The summed E-state index contributed by atoms with van der Waals surface area (Å²) < 4.78 is 32.5. The SMILES string of the molecule is C=C(C)C(=O)OCCCCCCC1(OC)CCCC[Si]1(OC)OC.CO[SiH](C)OC. The smallest absolute Gasteiger partial charge is 0.370 e. The van der Waals surface area contributed by atoms with Gasteiger partial charge in [-0.1, -0.05) is 38.7 Å². The van der Waals surface area contributed by atoms with Crippen LogP contribution in [0.4, 0.5) is 0 Å². The third kappa shape index (κ3) is 9.29. The van der Waals surface area contributed by atoms with Gasteiger partial charge in [0.05, 0.1) is 6.61 Å². The highest BCUT2D eigenvalue weighted by Crippen LogP contribution is 2.43. The lowest BCUT2D eigenvalue weighted by Crippen LogP contribution is -2.64. The molecule has 0 aliphatic carbocycles. The second-order valence-electron chi connectivity index (χ2n) is 7.69. The summed E-state index contributed by atoms with van der Waals surface area (Å²) in [5.41, 5.74) is 0.453. The fourth-order valence-electron chi connectivity index (χ4n) is 3.77. The van der Waals surface area contributed by atoms with Gasteiger partial charge in [-0.3, -0.25) is 0 Å². The molecule has 1 rings (SSSR count). The van der Waals surface area contributed by atoms with E-state index in [4.69, 9.17) is 27.2 Å². The number of ether oxygens (including phenoxy) is 2. The molecular weight excluding hydrogens is 420 g/mol. The average molecular weight is 465 g/mol. The lowest BCUT2D eigenvalue weighted by molar-refractivity contribution is -0.139. The molecule has 0 N–H and O–H groups in total. The molecule has 0 aromatic rings. The fourth-order valence-corrected chi connectivity index (χ4v) is 7.88. The largest absolute Gasteiger partial charge is 0.462 e. The summed E-state index contributed by atoms with van der Waals surface area (Å²) in [7, 11) is 5.19. The van der Waals surface area contributed by atoms with Gasteiger partial charge < -0.3 is 27.2 Å². The standard InChI is InChI=1S/C18H34O5Si.C3H10O2Si/c1-16(2)17(19)23-14-10-7-6-8-12-18(20-3)13-9-11-15-24(18,21-4)22-5;1-4-6(3)5-2/h1,6-15H2,2-5H3;6H,1-3H3. The van der Waals surface area contributed by atoms with Crippen LogP contribution in [0.2, 0.25) is 12.6 Å². The molecule has 0 spiro atoms. The van der Waals surface area contributed by atoms with E-state index < -0.39 is 17.8 Å². The molecule has 0 radical (unpaired) electrons. The van der Waals surface area contributed by atoms with Crippen LogP contribution in [0, 0.1) is 0 Å². The van der Waals surface area contributed by atoms with Crippen LogP contribution in [0.15, 0.2) is 12.2 Å². The fraction of sp³-hybridized carbons (Fsp3) is 0.857. The highest BCUT2D eigenvalue weighted by molar-refractivity contribution is 6.70. The second kappa shape index (κ2) is 16.1. The average Bonchev–Trinajstić information content (AvgIpc) is 2.78. The Kier molecular flexibility index (Phi) is 15.8. The lowest BCUT2D eigenvalue weighted by Gasteiger charge is -2.48. The topological polar surface area (TPSA) is 72.5 Å². The first-order valence-corrected chi connectivity index (χ1v) is 14.9. The highest BCUT2D eigenvalue weighted by atomic mass is 28.4. The predicted octanol–water partition coefficient (Wildman–Crippen LogP) is 4.03. The predicted molar refractivity (Wildman–Crippen MR) is 124 cm³/mol. The summed E-state index contributed by atoms with van der Waals surface area (Å²) in [6, 6.07) is 1.00. The molecule has 1 heterocycles. The molecule has 7 nitrogen and oxygen atoms in total. The number of esters is 1. The van der Waals surface area contributed by atoms with Gasteiger partial charge in [0.1, 0.15) is 5.22 Å². The van der Waals surface area contributed by atoms with Crippen molar-refractivity contribution in [1.29, 1.82) is 0 Å². The van der Waals surface area contributed by atoms with Crippen LogP contribution < -0.4 is 0 Å². The Morgan fingerprint density at radius 1 is 1.00 bits per heavy atom. The molecule has 1 aliphatic rings. The van der Waals surface area contributed by atoms with Crippen molar-refractivity contribution in [3.8, 4) is 0 Å². The van der Waals surface area contributed by atoms with Crippen LogP contribution in [0.3, 0.4) is 0 Å². The van der Waals surface area contributed by atoms with Crippen LogP contribution >= 0.6 is 0 Å². The normalized spacial score (nSPS) is 20.4. The van der Waals surface area contributed by atoms with Gasteiger partial charge in [0, 0.05) is 41.1 Å². The number of hydrogen-bond acceptors (Lipinski definition) is 7. The number of hydrogen-bond donors (Lipinski definition) is 0. The first-order valence-electron chi connectivity index (χ1n) is 10.8. The molecule has 1 fully saturated rings. The van der Waals surface area contributed by atoms with E-state index in [0.29, 0.717) is 12.2 Å². The van der Waals surface area contributed by atoms with Gasteiger partial charge in [-0.05, 0) is 38.8 Å². The number of rotatable bonds is 13. The molecule has 1 atom stereocenters. The maximum Gasteiger partial charge on any atom is 0.370 e. The molecule has 1 unspecified atom stereocenters. The minimum absolute atomic E-state index is 0.235. The van der Waals surface area contributed by atoms with E-state index >= 15 is 0 Å². The van der Waals surface area contributed by atoms with Crippen LogP contribution in [0.5, 0.6) is 0 Å². The number of carbonyl (C=O) groups is 1. The van der Waals surface area contributed by atoms with Crippen molar-refractivity contribution < 1.29 is 32.0 Å². The third-order valence-corrected chi connectivity index (χ3v) is 11.6. The zero-order valence-corrected chi connectivity index (χ0v) is 22.4. The van der Waals surface area contributed by atoms with Gasteiger partial charge in [-0.2, -0.15) is 0 Å². The van der Waals surface area contributed by atoms with Gasteiger partial charge in [0.2, 0.25) is 0 Å². The molecule has 0 saturated carbocycles. The van der Waals surface area contributed by atoms with Gasteiger partial charge in [-0.25, -0.2) is 4.79 Å². The third-order valence-electron chi connectivity index (χ3n) is 5.80. The number of unbranched alkanes of at least 4 members (excludes halogenated alkanes) is 3. The number of methoxy groups -OCH3 is 1. The second-order valence-corrected chi connectivity index (χ2v) is 13.5. The van der Waals surface area contributed by atoms with E-state index in [1.54, 1.807) is 42.5 Å². The van der Waals surface area contributed by atoms with Crippen LogP contribution in [0.1, 0.15) is 58.3 Å². The van der Waals surface area contributed by atoms with Gasteiger partial charge >= 0.3 is 23.8 Å². The van der Waals surface area contributed by atoms with Crippen molar-refractivity contribution in [3.05, 3.63) is 12.2 Å². The van der Waals surface area contributed by atoms with E-state index in [1.807, 2.05) is 6.55 Å². The number of carbonyl (C=O) groups excluding carboxylic acids is 1. The Hall–Kier alpha value is -0.556. The first-order chi connectivity index (χ1) is 14.3. The minimum Gasteiger partial charge on any atom is -0.462 e. The molecule has 30 heavy (non-hydrogen) atoms. The van der Waals surface area contributed by atoms with E-state index in [0.717, 1.165) is 51.0 Å². The van der Waals surface area contributed by atoms with Crippen molar-refractivity contribution >= 4 is 23.8 Å². The first kappa shape index (κ1) is 29.4. The lowest BCUT2D eigenvalue weighted by atomic mass is 10.0. The Bertz CT molecular complexity index is 482. The minimum atomic E-state index is -2.31. The summed E-state index contributed by atoms with van der Waals surface area (Å²) in [6.45, 7) is 7.68. The summed E-state index contributed by atoms with van der Waals surface area (Å²) in [6.07, 6.45) is 8.42. The summed E-state index contributed by atoms with van der Waals surface area (Å²) in [5, 5.41) is -0.235. The van der Waals surface area contributed by atoms with Crippen molar-refractivity contribution in [2.24, 2.45) is 0 Å².